The zero-order chi connectivity index (χ0) is 13.8. The van der Waals surface area contributed by atoms with E-state index >= 15 is 0 Å². The highest BCUT2D eigenvalue weighted by Gasteiger charge is 2.21. The minimum atomic E-state index is -1.01. The van der Waals surface area contributed by atoms with Crippen molar-refractivity contribution < 1.29 is 14.6 Å². The highest BCUT2D eigenvalue weighted by Crippen LogP contribution is 2.25. The van der Waals surface area contributed by atoms with Gasteiger partial charge in [0.15, 0.2) is 0 Å². The molecular formula is C14H16N2O3. The Bertz CT molecular complexity index is 514. The fourth-order valence-corrected chi connectivity index (χ4v) is 2.37. The molecular weight excluding hydrogens is 244 g/mol. The number of anilines is 1. The molecule has 1 aromatic rings. The van der Waals surface area contributed by atoms with Crippen molar-refractivity contribution in [2.45, 2.75) is 18.9 Å². The highest BCUT2D eigenvalue weighted by atomic mass is 16.5. The topological polar surface area (TPSA) is 73.6 Å². The second-order valence-electron chi connectivity index (χ2n) is 4.57. The first-order valence-corrected chi connectivity index (χ1v) is 6.21. The number of hydrogen-bond donors (Lipinski definition) is 1. The Morgan fingerprint density at radius 1 is 1.47 bits per heavy atom. The molecule has 1 heterocycles. The van der Waals surface area contributed by atoms with Crippen molar-refractivity contribution in [3.8, 4) is 6.07 Å². The van der Waals surface area contributed by atoms with Crippen molar-refractivity contribution in [1.82, 2.24) is 0 Å². The second kappa shape index (κ2) is 5.72. The van der Waals surface area contributed by atoms with Gasteiger partial charge in [-0.15, -0.1) is 0 Å². The van der Waals surface area contributed by atoms with Crippen molar-refractivity contribution in [2.75, 3.05) is 25.1 Å². The van der Waals surface area contributed by atoms with Crippen LogP contribution in [0.2, 0.25) is 0 Å². The lowest BCUT2D eigenvalue weighted by molar-refractivity contribution is 0.0697. The molecule has 0 radical (unpaired) electrons. The number of methoxy groups -OCH3 is 1. The van der Waals surface area contributed by atoms with Crippen LogP contribution in [-0.2, 0) is 4.74 Å². The van der Waals surface area contributed by atoms with Gasteiger partial charge in [-0.1, -0.05) is 0 Å². The van der Waals surface area contributed by atoms with E-state index in [0.717, 1.165) is 31.6 Å². The number of carbonyl (C=O) groups is 1. The second-order valence-corrected chi connectivity index (χ2v) is 4.57. The molecule has 0 saturated carbocycles. The normalized spacial score (nSPS) is 16.1. The summed E-state index contributed by atoms with van der Waals surface area (Å²) in [6.45, 7) is 1.64. The average Bonchev–Trinajstić information content (AvgIpc) is 2.46. The molecule has 0 spiro atoms. The number of rotatable bonds is 3. The van der Waals surface area contributed by atoms with Gasteiger partial charge in [0.05, 0.1) is 22.9 Å². The minimum Gasteiger partial charge on any atom is -0.478 e. The quantitative estimate of drug-likeness (QED) is 0.898. The number of benzene rings is 1. The molecule has 100 valence electrons. The molecule has 0 aliphatic carbocycles. The van der Waals surface area contributed by atoms with E-state index in [0.29, 0.717) is 5.56 Å². The summed E-state index contributed by atoms with van der Waals surface area (Å²) >= 11 is 0. The average molecular weight is 260 g/mol. The number of nitrogens with zero attached hydrogens (tertiary/aromatic N) is 2. The lowest BCUT2D eigenvalue weighted by Crippen LogP contribution is -2.37. The first-order chi connectivity index (χ1) is 9.15. The predicted molar refractivity (Wildman–Crippen MR) is 70.4 cm³/mol. The van der Waals surface area contributed by atoms with Gasteiger partial charge in [-0.2, -0.15) is 5.26 Å². The number of nitriles is 1. The zero-order valence-corrected chi connectivity index (χ0v) is 10.8. The molecule has 1 aromatic carbocycles. The molecule has 0 amide bonds. The summed E-state index contributed by atoms with van der Waals surface area (Å²) in [6.07, 6.45) is 2.12. The molecule has 2 rings (SSSR count). The van der Waals surface area contributed by atoms with E-state index in [9.17, 15) is 4.79 Å². The fraction of sp³-hybridized carbons (Fsp3) is 0.429. The minimum absolute atomic E-state index is 0.145. The lowest BCUT2D eigenvalue weighted by atomic mass is 10.0. The summed E-state index contributed by atoms with van der Waals surface area (Å²) in [6, 6.07) is 6.77. The van der Waals surface area contributed by atoms with Crippen LogP contribution in [0.3, 0.4) is 0 Å². The Morgan fingerprint density at radius 2 is 2.16 bits per heavy atom. The molecule has 0 bridgehead atoms. The molecule has 5 heteroatoms. The number of piperidine rings is 1. The molecule has 0 unspecified atom stereocenters. The molecule has 1 N–H and O–H groups in total. The molecule has 1 saturated heterocycles. The monoisotopic (exact) mass is 260 g/mol. The Labute approximate surface area is 112 Å². The van der Waals surface area contributed by atoms with Crippen molar-refractivity contribution >= 4 is 11.7 Å². The number of hydrogen-bond acceptors (Lipinski definition) is 4. The number of carboxylic acid groups (broad SMARTS) is 1. The number of ether oxygens (including phenoxy) is 1. The van der Waals surface area contributed by atoms with Crippen LogP contribution in [0.5, 0.6) is 0 Å². The van der Waals surface area contributed by atoms with E-state index in [4.69, 9.17) is 15.1 Å². The van der Waals surface area contributed by atoms with Crippen LogP contribution >= 0.6 is 0 Å². The van der Waals surface area contributed by atoms with Crippen LogP contribution in [-0.4, -0.2) is 37.4 Å². The van der Waals surface area contributed by atoms with E-state index in [1.54, 1.807) is 19.2 Å². The SMILES string of the molecule is COC1CCN(c2ccc(C(=O)O)cc2C#N)CC1. The van der Waals surface area contributed by atoms with Gasteiger partial charge < -0.3 is 14.7 Å². The van der Waals surface area contributed by atoms with Crippen LogP contribution in [0.25, 0.3) is 0 Å². The van der Waals surface area contributed by atoms with Gasteiger partial charge in [-0.25, -0.2) is 4.79 Å². The highest BCUT2D eigenvalue weighted by molar-refractivity contribution is 5.89. The van der Waals surface area contributed by atoms with Gasteiger partial charge in [0, 0.05) is 20.2 Å². The molecule has 0 atom stereocenters. The summed E-state index contributed by atoms with van der Waals surface area (Å²) in [7, 11) is 1.71. The Hall–Kier alpha value is -2.06. The van der Waals surface area contributed by atoms with Crippen LogP contribution in [0, 0.1) is 11.3 Å². The van der Waals surface area contributed by atoms with Crippen molar-refractivity contribution in [3.05, 3.63) is 29.3 Å². The third-order valence-corrected chi connectivity index (χ3v) is 3.48. The zero-order valence-electron chi connectivity index (χ0n) is 10.8. The van der Waals surface area contributed by atoms with Crippen LogP contribution in [0.1, 0.15) is 28.8 Å². The first kappa shape index (κ1) is 13.4. The summed E-state index contributed by atoms with van der Waals surface area (Å²) in [5.74, 6) is -1.01. The Kier molecular flexibility index (Phi) is 4.03. The van der Waals surface area contributed by atoms with Gasteiger partial charge in [-0.3, -0.25) is 0 Å². The van der Waals surface area contributed by atoms with E-state index in [1.807, 2.05) is 0 Å². The van der Waals surface area contributed by atoms with Gasteiger partial charge in [-0.05, 0) is 31.0 Å². The van der Waals surface area contributed by atoms with Crippen molar-refractivity contribution in [2.24, 2.45) is 0 Å². The predicted octanol–water partition coefficient (Wildman–Crippen LogP) is 1.87. The van der Waals surface area contributed by atoms with Crippen LogP contribution in [0.15, 0.2) is 18.2 Å². The molecule has 1 fully saturated rings. The molecule has 5 nitrogen and oxygen atoms in total. The van der Waals surface area contributed by atoms with Gasteiger partial charge in [0.2, 0.25) is 0 Å². The van der Waals surface area contributed by atoms with Crippen molar-refractivity contribution in [1.29, 1.82) is 5.26 Å². The number of carboxylic acids is 1. The molecule has 0 aromatic heterocycles. The van der Waals surface area contributed by atoms with Crippen molar-refractivity contribution in [3.63, 3.8) is 0 Å². The standard InChI is InChI=1S/C14H16N2O3/c1-19-12-4-6-16(7-5-12)13-3-2-10(14(17)18)8-11(13)9-15/h2-3,8,12H,4-7H2,1H3,(H,17,18). The van der Waals surface area contributed by atoms with Gasteiger partial charge in [0.1, 0.15) is 6.07 Å². The summed E-state index contributed by atoms with van der Waals surface area (Å²) in [5, 5.41) is 18.1. The van der Waals surface area contributed by atoms with Gasteiger partial charge in [0.25, 0.3) is 0 Å². The van der Waals surface area contributed by atoms with Crippen LogP contribution < -0.4 is 4.90 Å². The van der Waals surface area contributed by atoms with E-state index in [2.05, 4.69) is 11.0 Å². The van der Waals surface area contributed by atoms with E-state index < -0.39 is 5.97 Å². The lowest BCUT2D eigenvalue weighted by Gasteiger charge is -2.33. The number of aromatic carboxylic acids is 1. The Morgan fingerprint density at radius 3 is 2.68 bits per heavy atom. The van der Waals surface area contributed by atoms with Crippen LogP contribution in [0.4, 0.5) is 5.69 Å². The van der Waals surface area contributed by atoms with E-state index in [1.165, 1.54) is 6.07 Å². The van der Waals surface area contributed by atoms with Gasteiger partial charge >= 0.3 is 5.97 Å². The maximum atomic E-state index is 10.9. The first-order valence-electron chi connectivity index (χ1n) is 6.21. The maximum absolute atomic E-state index is 10.9. The third-order valence-electron chi connectivity index (χ3n) is 3.48. The summed E-state index contributed by atoms with van der Waals surface area (Å²) < 4.78 is 5.31. The summed E-state index contributed by atoms with van der Waals surface area (Å²) in [4.78, 5) is 13.0. The largest absolute Gasteiger partial charge is 0.478 e. The van der Waals surface area contributed by atoms with E-state index in [-0.39, 0.29) is 11.7 Å². The smallest absolute Gasteiger partial charge is 0.335 e. The Balaban J connectivity index is 2.21. The fourth-order valence-electron chi connectivity index (χ4n) is 2.37. The summed E-state index contributed by atoms with van der Waals surface area (Å²) in [5.41, 5.74) is 1.37. The molecule has 19 heavy (non-hydrogen) atoms. The third kappa shape index (κ3) is 2.85. The molecule has 1 aliphatic rings. The maximum Gasteiger partial charge on any atom is 0.335 e. The molecule has 1 aliphatic heterocycles.